The fourth-order valence-corrected chi connectivity index (χ4v) is 13.5. The summed E-state index contributed by atoms with van der Waals surface area (Å²) in [5, 5.41) is 0. The van der Waals surface area contributed by atoms with Crippen molar-refractivity contribution in [3.63, 3.8) is 0 Å². The average Bonchev–Trinajstić information content (AvgIpc) is 1.39. The van der Waals surface area contributed by atoms with Crippen LogP contribution in [0, 0.1) is 0 Å². The number of aromatic nitrogens is 4. The largest absolute Gasteiger partial charge is 0.483 e. The van der Waals surface area contributed by atoms with Gasteiger partial charge in [-0.2, -0.15) is 0 Å². The van der Waals surface area contributed by atoms with Crippen molar-refractivity contribution < 1.29 is 38.1 Å². The molecular weight excluding hydrogens is 1130 g/mol. The second-order valence-electron chi connectivity index (χ2n) is 24.4. The lowest BCUT2D eigenvalue weighted by molar-refractivity contribution is 0.0910. The van der Waals surface area contributed by atoms with Gasteiger partial charge < -0.3 is 18.9 Å². The minimum Gasteiger partial charge on any atom is -0.483 e. The van der Waals surface area contributed by atoms with E-state index in [2.05, 4.69) is 152 Å². The van der Waals surface area contributed by atoms with Crippen LogP contribution in [0.15, 0.2) is 186 Å². The number of carbonyl (C=O) groups excluding carboxylic acids is 4. The van der Waals surface area contributed by atoms with Gasteiger partial charge in [-0.05, 0) is 141 Å². The molecule has 1 aliphatic heterocycles. The molecule has 0 atom stereocenters. The molecule has 9 rings (SSSR count). The summed E-state index contributed by atoms with van der Waals surface area (Å²) in [6.07, 6.45) is 12.6. The van der Waals surface area contributed by atoms with Crippen molar-refractivity contribution in [1.29, 1.82) is 0 Å². The normalized spacial score (nSPS) is 12.7. The lowest BCUT2D eigenvalue weighted by Gasteiger charge is -2.28. The maximum atomic E-state index is 14.2. The number of benzene rings is 4. The van der Waals surface area contributed by atoms with Crippen LogP contribution in [0.1, 0.15) is 147 Å². The minimum atomic E-state index is -0.408. The van der Waals surface area contributed by atoms with Gasteiger partial charge in [0.25, 0.3) is 0 Å². The number of rotatable bonds is 16. The van der Waals surface area contributed by atoms with Crippen LogP contribution < -0.4 is 18.9 Å². The predicted molar refractivity (Wildman–Crippen MR) is 333 cm³/mol. The SMILES string of the molecule is CC(C)(C)c1cc2c(OCC(=O)c3ccncc3)c(c1)Sc1cc(C(C)(C)C)cc(c1OCC(=O)c1ccncc1)Sc1cc(C(C)(C)C)cc(c1OCC(=O)c1ccncc1)Sc1cc(C(C)(C)C)cc(c1OCC(=O)c1ccncc1)S2. The molecule has 5 heterocycles. The summed E-state index contributed by atoms with van der Waals surface area (Å²) in [6.45, 7) is 24.6. The van der Waals surface area contributed by atoms with E-state index in [1.165, 1.54) is 47.0 Å². The van der Waals surface area contributed by atoms with Gasteiger partial charge in [-0.25, -0.2) is 0 Å². The van der Waals surface area contributed by atoms with Crippen molar-refractivity contribution in [2.75, 3.05) is 26.4 Å². The van der Waals surface area contributed by atoms with E-state index in [9.17, 15) is 19.2 Å². The first kappa shape index (κ1) is 61.3. The minimum absolute atomic E-state index is 0.248. The third-order valence-corrected chi connectivity index (χ3v) is 18.0. The zero-order valence-electron chi connectivity index (χ0n) is 49.4. The van der Waals surface area contributed by atoms with Crippen molar-refractivity contribution in [2.45, 2.75) is 144 Å². The number of hydrogen-bond acceptors (Lipinski definition) is 16. The van der Waals surface area contributed by atoms with Crippen LogP contribution >= 0.6 is 47.0 Å². The first-order valence-electron chi connectivity index (χ1n) is 27.5. The first-order valence-corrected chi connectivity index (χ1v) is 30.8. The first-order chi connectivity index (χ1) is 39.8. The number of hydrogen-bond donors (Lipinski definition) is 0. The standard InChI is InChI=1S/C68H68N4O8S4/c1-65(2,3)45-29-53-61(77-37-49(73)41-13-21-69-22-14-41)54(30-45)82-56-32-47(67(7,8)9)34-58(63(56)79-39-51(75)43-17-25-71-26-18-43)84-60-36-48(68(10,11)12)35-59(64(60)80-40-52(76)44-19-27-72-28-20-44)83-57-33-46(66(4,5)6)31-55(81-53)62(57)78-38-50(74)42-15-23-70-24-16-42/h13-36H,37-40H2,1-12H3. The zero-order chi connectivity index (χ0) is 60.1. The molecule has 16 heteroatoms. The zero-order valence-corrected chi connectivity index (χ0v) is 52.6. The lowest BCUT2D eigenvalue weighted by atomic mass is 9.87. The molecule has 0 aliphatic carbocycles. The molecule has 84 heavy (non-hydrogen) atoms. The quantitative estimate of drug-likeness (QED) is 0.0841. The Morgan fingerprint density at radius 3 is 0.595 bits per heavy atom. The van der Waals surface area contributed by atoms with Gasteiger partial charge in [-0.15, -0.1) is 0 Å². The molecule has 0 saturated carbocycles. The number of carbonyl (C=O) groups is 4. The Morgan fingerprint density at radius 1 is 0.298 bits per heavy atom. The summed E-state index contributed by atoms with van der Waals surface area (Å²) in [5.74, 6) is 0.749. The number of Topliss-reactive ketones (excluding diaryl/α,β-unsaturated/α-hetero) is 4. The van der Waals surface area contributed by atoms with Crippen LogP contribution in [-0.2, 0) is 21.7 Å². The molecular formula is C68H68N4O8S4. The monoisotopic (exact) mass is 1200 g/mol. The lowest BCUT2D eigenvalue weighted by Crippen LogP contribution is -2.16. The van der Waals surface area contributed by atoms with E-state index in [-0.39, 0.29) is 49.6 Å². The smallest absolute Gasteiger partial charge is 0.200 e. The summed E-state index contributed by atoms with van der Waals surface area (Å²) in [6, 6.07) is 30.2. The molecule has 0 fully saturated rings. The van der Waals surface area contributed by atoms with E-state index in [0.29, 0.717) is 84.4 Å². The third kappa shape index (κ3) is 15.0. The molecule has 0 N–H and O–H groups in total. The van der Waals surface area contributed by atoms with Crippen molar-refractivity contribution in [3.8, 4) is 23.0 Å². The molecule has 4 aromatic heterocycles. The second kappa shape index (κ2) is 25.5. The van der Waals surface area contributed by atoms with Crippen molar-refractivity contribution in [1.82, 2.24) is 19.9 Å². The van der Waals surface area contributed by atoms with E-state index in [4.69, 9.17) is 18.9 Å². The van der Waals surface area contributed by atoms with Gasteiger partial charge in [0.2, 0.25) is 0 Å². The Balaban J connectivity index is 1.37. The van der Waals surface area contributed by atoms with E-state index in [1.54, 1.807) is 98.1 Å². The molecule has 8 bridgehead atoms. The number of ketones is 4. The Bertz CT molecular complexity index is 3160. The molecule has 12 nitrogen and oxygen atoms in total. The predicted octanol–water partition coefficient (Wildman–Crippen LogP) is 16.4. The third-order valence-electron chi connectivity index (χ3n) is 13.8. The molecule has 8 aromatic rings. The van der Waals surface area contributed by atoms with E-state index < -0.39 is 21.7 Å². The average molecular weight is 1200 g/mol. The summed E-state index contributed by atoms with van der Waals surface area (Å²) < 4.78 is 27.7. The van der Waals surface area contributed by atoms with E-state index in [0.717, 1.165) is 22.3 Å². The maximum Gasteiger partial charge on any atom is 0.200 e. The van der Waals surface area contributed by atoms with Gasteiger partial charge in [0.1, 0.15) is 23.0 Å². The highest BCUT2D eigenvalue weighted by atomic mass is 32.2. The van der Waals surface area contributed by atoms with Crippen LogP contribution in [0.25, 0.3) is 0 Å². The van der Waals surface area contributed by atoms with Crippen LogP contribution in [0.2, 0.25) is 0 Å². The van der Waals surface area contributed by atoms with E-state index >= 15 is 0 Å². The van der Waals surface area contributed by atoms with Gasteiger partial charge in [0.05, 0.1) is 39.2 Å². The van der Waals surface area contributed by atoms with Crippen LogP contribution in [0.3, 0.4) is 0 Å². The number of nitrogens with zero attached hydrogens (tertiary/aromatic N) is 4. The van der Waals surface area contributed by atoms with Gasteiger partial charge in [-0.3, -0.25) is 39.1 Å². The van der Waals surface area contributed by atoms with Crippen LogP contribution in [-0.4, -0.2) is 69.5 Å². The van der Waals surface area contributed by atoms with Crippen molar-refractivity contribution in [2.24, 2.45) is 0 Å². The molecule has 0 unspecified atom stereocenters. The van der Waals surface area contributed by atoms with Gasteiger partial charge in [0, 0.05) is 71.8 Å². The molecule has 0 amide bonds. The van der Waals surface area contributed by atoms with Gasteiger partial charge >= 0.3 is 0 Å². The summed E-state index contributed by atoms with van der Waals surface area (Å²) in [7, 11) is 0. The molecule has 0 spiro atoms. The number of pyridine rings is 4. The maximum absolute atomic E-state index is 14.2. The van der Waals surface area contributed by atoms with Crippen LogP contribution in [0.5, 0.6) is 23.0 Å². The summed E-state index contributed by atoms with van der Waals surface area (Å²) in [5.41, 5.74) is 4.05. The Labute approximate surface area is 509 Å². The van der Waals surface area contributed by atoms with Crippen LogP contribution in [0.4, 0.5) is 0 Å². The molecule has 0 radical (unpaired) electrons. The number of fused-ring (bicyclic) bond motifs is 8. The van der Waals surface area contributed by atoms with Crippen molar-refractivity contribution in [3.05, 3.63) is 191 Å². The topological polar surface area (TPSA) is 157 Å². The summed E-state index contributed by atoms with van der Waals surface area (Å²) in [4.78, 5) is 78.7. The van der Waals surface area contributed by atoms with Gasteiger partial charge in [0.15, 0.2) is 49.6 Å². The highest BCUT2D eigenvalue weighted by Crippen LogP contribution is 2.56. The highest BCUT2D eigenvalue weighted by Gasteiger charge is 2.32. The molecule has 432 valence electrons. The fourth-order valence-electron chi connectivity index (χ4n) is 8.72. The Hall–Kier alpha value is -7.24. The Morgan fingerprint density at radius 2 is 0.452 bits per heavy atom. The molecule has 4 aromatic carbocycles. The number of ether oxygens (including phenoxy) is 4. The molecule has 0 saturated heterocycles. The van der Waals surface area contributed by atoms with Gasteiger partial charge in [-0.1, -0.05) is 130 Å². The second-order valence-corrected chi connectivity index (χ2v) is 28.7. The highest BCUT2D eigenvalue weighted by molar-refractivity contribution is 8.01. The fraction of sp³-hybridized carbons (Fsp3) is 0.294. The van der Waals surface area contributed by atoms with Crippen molar-refractivity contribution >= 4 is 70.2 Å². The Kier molecular flexibility index (Phi) is 18.6. The van der Waals surface area contributed by atoms with E-state index in [1.807, 2.05) is 0 Å². The molecule has 1 aliphatic rings. The summed E-state index contributed by atoms with van der Waals surface area (Å²) >= 11 is 5.69.